The maximum absolute atomic E-state index is 11.1. The molecule has 1 unspecified atom stereocenters. The molecule has 13 heavy (non-hydrogen) atoms. The van der Waals surface area contributed by atoms with E-state index >= 15 is 0 Å². The molecule has 6 heteroatoms. The number of nitrogens with two attached hydrogens (primary N) is 1. The third-order valence-electron chi connectivity index (χ3n) is 1.66. The van der Waals surface area contributed by atoms with Gasteiger partial charge in [-0.25, -0.2) is 4.79 Å². The van der Waals surface area contributed by atoms with Gasteiger partial charge in [0, 0.05) is 7.05 Å². The minimum Gasteiger partial charge on any atom is -0.468 e. The molecular weight excluding hydrogens is 238 g/mol. The monoisotopic (exact) mass is 247 g/mol. The van der Waals surface area contributed by atoms with E-state index in [1.165, 1.54) is 11.8 Å². The van der Waals surface area contributed by atoms with Crippen LogP contribution < -0.4 is 5.73 Å². The molecule has 0 fully saturated rings. The fraction of sp³-hybridized carbons (Fsp3) is 0.429. The lowest BCUT2D eigenvalue weighted by Gasteiger charge is -2.08. The zero-order chi connectivity index (χ0) is 10.0. The molecule has 1 aromatic heterocycles. The van der Waals surface area contributed by atoms with Gasteiger partial charge in [-0.1, -0.05) is 0 Å². The Kier molecular flexibility index (Phi) is 3.05. The molecule has 0 saturated heterocycles. The second-order valence-electron chi connectivity index (χ2n) is 2.52. The van der Waals surface area contributed by atoms with Crippen LogP contribution in [0, 0.1) is 0 Å². The number of halogens is 1. The number of ether oxygens (including phenoxy) is 1. The number of methoxy groups -OCH3 is 1. The molecule has 0 amide bonds. The number of aryl methyl sites for hydroxylation is 1. The van der Waals surface area contributed by atoms with Crippen molar-refractivity contribution in [1.82, 2.24) is 9.78 Å². The number of rotatable bonds is 2. The lowest BCUT2D eigenvalue weighted by Crippen LogP contribution is -2.24. The fourth-order valence-corrected chi connectivity index (χ4v) is 1.46. The van der Waals surface area contributed by atoms with E-state index in [0.29, 0.717) is 10.3 Å². The summed E-state index contributed by atoms with van der Waals surface area (Å²) in [6.45, 7) is 0. The minimum atomic E-state index is -0.784. The molecule has 0 spiro atoms. The van der Waals surface area contributed by atoms with Crippen molar-refractivity contribution in [3.8, 4) is 0 Å². The molecule has 2 N–H and O–H groups in total. The predicted molar refractivity (Wildman–Crippen MR) is 49.9 cm³/mol. The van der Waals surface area contributed by atoms with Crippen LogP contribution in [0.4, 0.5) is 0 Å². The first-order valence-corrected chi connectivity index (χ1v) is 4.38. The fourth-order valence-electron chi connectivity index (χ4n) is 0.984. The molecule has 1 rings (SSSR count). The molecule has 0 aromatic carbocycles. The van der Waals surface area contributed by atoms with E-state index in [1.54, 1.807) is 13.1 Å². The first-order valence-electron chi connectivity index (χ1n) is 3.59. The Balaban J connectivity index is 2.94. The summed E-state index contributed by atoms with van der Waals surface area (Å²) in [6.07, 6.45) is 0. The molecule has 0 aliphatic carbocycles. The average Bonchev–Trinajstić information content (AvgIpc) is 2.42. The Bertz CT molecular complexity index is 324. The Labute approximate surface area is 84.0 Å². The van der Waals surface area contributed by atoms with Crippen LogP contribution in [-0.2, 0) is 16.6 Å². The van der Waals surface area contributed by atoms with Crippen molar-refractivity contribution in [2.75, 3.05) is 7.11 Å². The van der Waals surface area contributed by atoms with E-state index in [-0.39, 0.29) is 0 Å². The quantitative estimate of drug-likeness (QED) is 0.767. The molecule has 1 atom stereocenters. The first kappa shape index (κ1) is 10.2. The Morgan fingerprint density at radius 1 is 1.85 bits per heavy atom. The Hall–Kier alpha value is -0.880. The van der Waals surface area contributed by atoms with Gasteiger partial charge in [0.15, 0.2) is 0 Å². The topological polar surface area (TPSA) is 70.1 Å². The number of hydrogen-bond acceptors (Lipinski definition) is 4. The number of carbonyl (C=O) groups excluding carboxylic acids is 1. The molecular formula is C7H10BrN3O2. The van der Waals surface area contributed by atoms with E-state index in [0.717, 1.165) is 0 Å². The van der Waals surface area contributed by atoms with Gasteiger partial charge >= 0.3 is 5.97 Å². The van der Waals surface area contributed by atoms with Crippen LogP contribution in [0.15, 0.2) is 10.7 Å². The van der Waals surface area contributed by atoms with Crippen molar-refractivity contribution in [1.29, 1.82) is 0 Å². The highest BCUT2D eigenvalue weighted by Crippen LogP contribution is 2.15. The summed E-state index contributed by atoms with van der Waals surface area (Å²) >= 11 is 3.18. The summed E-state index contributed by atoms with van der Waals surface area (Å²) in [5, 5.41) is 3.99. The van der Waals surface area contributed by atoms with E-state index < -0.39 is 12.0 Å². The Morgan fingerprint density at radius 2 is 2.46 bits per heavy atom. The zero-order valence-corrected chi connectivity index (χ0v) is 8.91. The lowest BCUT2D eigenvalue weighted by molar-refractivity contribution is -0.142. The smallest absolute Gasteiger partial charge is 0.328 e. The maximum Gasteiger partial charge on any atom is 0.328 e. The van der Waals surface area contributed by atoms with Gasteiger partial charge in [-0.05, 0) is 22.0 Å². The van der Waals surface area contributed by atoms with Crippen molar-refractivity contribution in [2.24, 2.45) is 12.8 Å². The minimum absolute atomic E-state index is 0.476. The SMILES string of the molecule is COC(=O)C(N)c1cc(Br)nn1C. The summed E-state index contributed by atoms with van der Waals surface area (Å²) in [5.74, 6) is -0.476. The van der Waals surface area contributed by atoms with Crippen LogP contribution in [0.3, 0.4) is 0 Å². The van der Waals surface area contributed by atoms with Gasteiger partial charge in [-0.15, -0.1) is 0 Å². The van der Waals surface area contributed by atoms with Gasteiger partial charge < -0.3 is 10.5 Å². The van der Waals surface area contributed by atoms with Gasteiger partial charge in [-0.2, -0.15) is 5.10 Å². The third-order valence-corrected chi connectivity index (χ3v) is 2.05. The van der Waals surface area contributed by atoms with Crippen molar-refractivity contribution >= 4 is 21.9 Å². The first-order chi connectivity index (χ1) is 6.06. The number of esters is 1. The van der Waals surface area contributed by atoms with Crippen LogP contribution in [0.1, 0.15) is 11.7 Å². The van der Waals surface area contributed by atoms with Gasteiger partial charge in [0.1, 0.15) is 10.6 Å². The average molecular weight is 248 g/mol. The highest BCUT2D eigenvalue weighted by Gasteiger charge is 2.20. The Morgan fingerprint density at radius 3 is 2.85 bits per heavy atom. The normalized spacial score (nSPS) is 12.6. The highest BCUT2D eigenvalue weighted by molar-refractivity contribution is 9.10. The molecule has 1 aromatic rings. The van der Waals surface area contributed by atoms with Crippen LogP contribution in [0.2, 0.25) is 0 Å². The van der Waals surface area contributed by atoms with Crippen LogP contribution in [0.25, 0.3) is 0 Å². The number of hydrogen-bond donors (Lipinski definition) is 1. The van der Waals surface area contributed by atoms with E-state index in [9.17, 15) is 4.79 Å². The van der Waals surface area contributed by atoms with Crippen LogP contribution in [0.5, 0.6) is 0 Å². The van der Waals surface area contributed by atoms with E-state index in [1.807, 2.05) is 0 Å². The predicted octanol–water partition coefficient (Wildman–Crippen LogP) is 0.355. The van der Waals surface area contributed by atoms with Crippen molar-refractivity contribution in [2.45, 2.75) is 6.04 Å². The molecule has 72 valence electrons. The molecule has 0 aliphatic rings. The molecule has 1 heterocycles. The maximum atomic E-state index is 11.1. The van der Waals surface area contributed by atoms with Gasteiger partial charge in [0.25, 0.3) is 0 Å². The zero-order valence-electron chi connectivity index (χ0n) is 7.32. The number of nitrogens with zero attached hydrogens (tertiary/aromatic N) is 2. The van der Waals surface area contributed by atoms with Crippen molar-refractivity contribution in [3.63, 3.8) is 0 Å². The summed E-state index contributed by atoms with van der Waals surface area (Å²) in [4.78, 5) is 11.1. The highest BCUT2D eigenvalue weighted by atomic mass is 79.9. The largest absolute Gasteiger partial charge is 0.468 e. The summed E-state index contributed by atoms with van der Waals surface area (Å²) < 4.78 is 6.69. The van der Waals surface area contributed by atoms with Gasteiger partial charge in [0.2, 0.25) is 0 Å². The standard InChI is InChI=1S/C7H10BrN3O2/c1-11-4(3-5(8)10-11)6(9)7(12)13-2/h3,6H,9H2,1-2H3. The lowest BCUT2D eigenvalue weighted by atomic mass is 10.2. The molecule has 0 aliphatic heterocycles. The summed E-state index contributed by atoms with van der Waals surface area (Å²) in [7, 11) is 3.01. The number of carbonyl (C=O) groups is 1. The van der Waals surface area contributed by atoms with Gasteiger partial charge in [0.05, 0.1) is 12.8 Å². The molecule has 0 radical (unpaired) electrons. The molecule has 5 nitrogen and oxygen atoms in total. The molecule has 0 saturated carbocycles. The summed E-state index contributed by atoms with van der Waals surface area (Å²) in [5.41, 5.74) is 6.22. The van der Waals surface area contributed by atoms with Crippen LogP contribution in [-0.4, -0.2) is 22.9 Å². The summed E-state index contributed by atoms with van der Waals surface area (Å²) in [6, 6.07) is 0.899. The van der Waals surface area contributed by atoms with Crippen molar-refractivity contribution < 1.29 is 9.53 Å². The van der Waals surface area contributed by atoms with E-state index in [2.05, 4.69) is 25.8 Å². The third kappa shape index (κ3) is 2.07. The van der Waals surface area contributed by atoms with Crippen molar-refractivity contribution in [3.05, 3.63) is 16.4 Å². The second kappa shape index (κ2) is 3.89. The number of aromatic nitrogens is 2. The molecule has 0 bridgehead atoms. The van der Waals surface area contributed by atoms with Crippen LogP contribution >= 0.6 is 15.9 Å². The second-order valence-corrected chi connectivity index (χ2v) is 3.33. The van der Waals surface area contributed by atoms with E-state index in [4.69, 9.17) is 5.73 Å². The van der Waals surface area contributed by atoms with Gasteiger partial charge in [-0.3, -0.25) is 4.68 Å².